The van der Waals surface area contributed by atoms with E-state index in [1.165, 1.54) is 5.56 Å². The van der Waals surface area contributed by atoms with E-state index in [1.807, 2.05) is 41.3 Å². The van der Waals surface area contributed by atoms with Gasteiger partial charge in [-0.25, -0.2) is 4.79 Å². The molecular weight excluding hydrogens is 378 g/mol. The summed E-state index contributed by atoms with van der Waals surface area (Å²) in [5.74, 6) is 1.85. The molecule has 2 fully saturated rings. The van der Waals surface area contributed by atoms with Gasteiger partial charge in [0, 0.05) is 32.7 Å². The number of anilines is 1. The third-order valence-electron chi connectivity index (χ3n) is 5.97. The second kappa shape index (κ2) is 8.14. The van der Waals surface area contributed by atoms with Gasteiger partial charge in [-0.05, 0) is 46.4 Å². The minimum Gasteiger partial charge on any atom is -0.338 e. The Kier molecular flexibility index (Phi) is 5.04. The zero-order valence-electron chi connectivity index (χ0n) is 16.8. The Balaban J connectivity index is 1.12. The average molecular weight is 403 g/mol. The summed E-state index contributed by atoms with van der Waals surface area (Å²) in [5.41, 5.74) is 2.30. The lowest BCUT2D eigenvalue weighted by Crippen LogP contribution is -2.52. The van der Waals surface area contributed by atoms with Crippen molar-refractivity contribution in [3.05, 3.63) is 66.2 Å². The molecule has 3 aromatic rings. The number of amides is 2. The maximum atomic E-state index is 12.6. The second-order valence-electron chi connectivity index (χ2n) is 7.90. The summed E-state index contributed by atoms with van der Waals surface area (Å²) >= 11 is 0. The van der Waals surface area contributed by atoms with Crippen LogP contribution in [0.4, 0.5) is 10.7 Å². The summed E-state index contributed by atoms with van der Waals surface area (Å²) in [6, 6.07) is 20.4. The maximum absolute atomic E-state index is 12.6. The van der Waals surface area contributed by atoms with Gasteiger partial charge in [0.2, 0.25) is 5.95 Å². The molecule has 1 aliphatic carbocycles. The molecule has 30 heavy (non-hydrogen) atoms. The predicted molar refractivity (Wildman–Crippen MR) is 114 cm³/mol. The van der Waals surface area contributed by atoms with E-state index < -0.39 is 0 Å². The standard InChI is InChI=1S/C22H25N7O/c30-22(23-16-18-15-20(18)17-7-3-1-4-8-17)28-13-11-27(12-14-28)21-24-25-26-29(21)19-9-5-2-6-10-19/h1-10,18,20H,11-16H2,(H,23,30). The van der Waals surface area contributed by atoms with Crippen molar-refractivity contribution >= 4 is 12.0 Å². The summed E-state index contributed by atoms with van der Waals surface area (Å²) in [6.45, 7) is 3.46. The first-order chi connectivity index (χ1) is 14.8. The SMILES string of the molecule is O=C(NCC1CC1c1ccccc1)N1CCN(c2nnnn2-c2ccccc2)CC1. The number of rotatable bonds is 5. The highest BCUT2D eigenvalue weighted by molar-refractivity contribution is 5.74. The summed E-state index contributed by atoms with van der Waals surface area (Å²) in [4.78, 5) is 16.6. The summed E-state index contributed by atoms with van der Waals surface area (Å²) < 4.78 is 1.74. The van der Waals surface area contributed by atoms with Crippen molar-refractivity contribution in [2.24, 2.45) is 5.92 Å². The van der Waals surface area contributed by atoms with Gasteiger partial charge in [0.15, 0.2) is 0 Å². The number of piperazine rings is 1. The number of carbonyl (C=O) groups is 1. The van der Waals surface area contributed by atoms with Gasteiger partial charge in [-0.15, -0.1) is 0 Å². The Morgan fingerprint density at radius 1 is 0.967 bits per heavy atom. The molecule has 5 rings (SSSR count). The molecule has 8 nitrogen and oxygen atoms in total. The van der Waals surface area contributed by atoms with Gasteiger partial charge < -0.3 is 15.1 Å². The van der Waals surface area contributed by atoms with E-state index in [4.69, 9.17) is 0 Å². The highest BCUT2D eigenvalue weighted by Gasteiger charge is 2.38. The average Bonchev–Trinajstić information content (AvgIpc) is 3.43. The number of urea groups is 1. The van der Waals surface area contributed by atoms with Crippen molar-refractivity contribution in [2.75, 3.05) is 37.6 Å². The van der Waals surface area contributed by atoms with Crippen molar-refractivity contribution in [1.82, 2.24) is 30.4 Å². The van der Waals surface area contributed by atoms with E-state index >= 15 is 0 Å². The Morgan fingerprint density at radius 3 is 2.40 bits per heavy atom. The maximum Gasteiger partial charge on any atom is 0.317 e. The Hall–Kier alpha value is -3.42. The molecule has 2 unspecified atom stereocenters. The van der Waals surface area contributed by atoms with Gasteiger partial charge in [-0.1, -0.05) is 53.6 Å². The summed E-state index contributed by atoms with van der Waals surface area (Å²) in [6.07, 6.45) is 1.15. The van der Waals surface area contributed by atoms with E-state index in [1.54, 1.807) is 4.68 Å². The molecule has 0 radical (unpaired) electrons. The second-order valence-corrected chi connectivity index (χ2v) is 7.90. The minimum atomic E-state index is 0.0241. The Bertz CT molecular complexity index is 983. The van der Waals surface area contributed by atoms with Crippen molar-refractivity contribution in [3.8, 4) is 5.69 Å². The van der Waals surface area contributed by atoms with Crippen LogP contribution in [0.2, 0.25) is 0 Å². The number of nitrogens with zero attached hydrogens (tertiary/aromatic N) is 6. The number of aromatic nitrogens is 4. The third-order valence-corrected chi connectivity index (χ3v) is 5.97. The first kappa shape index (κ1) is 18.6. The van der Waals surface area contributed by atoms with Crippen molar-refractivity contribution in [3.63, 3.8) is 0 Å². The first-order valence-electron chi connectivity index (χ1n) is 10.5. The number of para-hydroxylation sites is 1. The number of nitrogens with one attached hydrogen (secondary N) is 1. The molecule has 0 bridgehead atoms. The Labute approximate surface area is 175 Å². The number of hydrogen-bond acceptors (Lipinski definition) is 5. The number of tetrazole rings is 1. The van der Waals surface area contributed by atoms with Gasteiger partial charge in [-0.3, -0.25) is 0 Å². The zero-order valence-corrected chi connectivity index (χ0v) is 16.8. The van der Waals surface area contributed by atoms with Crippen LogP contribution < -0.4 is 10.2 Å². The smallest absolute Gasteiger partial charge is 0.317 e. The van der Waals surface area contributed by atoms with Gasteiger partial charge in [0.25, 0.3) is 0 Å². The normalized spacial score (nSPS) is 20.8. The van der Waals surface area contributed by atoms with Crippen LogP contribution in [-0.2, 0) is 0 Å². The molecular formula is C22H25N7O. The van der Waals surface area contributed by atoms with Crippen LogP contribution in [0, 0.1) is 5.92 Å². The van der Waals surface area contributed by atoms with Crippen LogP contribution in [0.1, 0.15) is 17.9 Å². The molecule has 2 aromatic carbocycles. The molecule has 1 aliphatic heterocycles. The fourth-order valence-electron chi connectivity index (χ4n) is 4.14. The molecule has 8 heteroatoms. The van der Waals surface area contributed by atoms with Crippen LogP contribution in [-0.4, -0.2) is 63.9 Å². The molecule has 1 saturated carbocycles. The molecule has 2 heterocycles. The highest BCUT2D eigenvalue weighted by Crippen LogP contribution is 2.46. The highest BCUT2D eigenvalue weighted by atomic mass is 16.2. The lowest BCUT2D eigenvalue weighted by molar-refractivity contribution is 0.193. The van der Waals surface area contributed by atoms with Gasteiger partial charge >= 0.3 is 6.03 Å². The summed E-state index contributed by atoms with van der Waals surface area (Å²) in [7, 11) is 0. The minimum absolute atomic E-state index is 0.0241. The molecule has 1 saturated heterocycles. The number of benzene rings is 2. The number of hydrogen-bond donors (Lipinski definition) is 1. The molecule has 1 N–H and O–H groups in total. The molecule has 154 valence electrons. The molecule has 1 aromatic heterocycles. The van der Waals surface area contributed by atoms with Crippen LogP contribution in [0.25, 0.3) is 5.69 Å². The lowest BCUT2D eigenvalue weighted by Gasteiger charge is -2.34. The number of carbonyl (C=O) groups excluding carboxylic acids is 1. The van der Waals surface area contributed by atoms with E-state index in [2.05, 4.69) is 50.0 Å². The zero-order chi connectivity index (χ0) is 20.3. The van der Waals surface area contributed by atoms with Gasteiger partial charge in [0.1, 0.15) is 0 Å². The van der Waals surface area contributed by atoms with Crippen molar-refractivity contribution in [2.45, 2.75) is 12.3 Å². The largest absolute Gasteiger partial charge is 0.338 e. The van der Waals surface area contributed by atoms with Crippen molar-refractivity contribution in [1.29, 1.82) is 0 Å². The fraction of sp³-hybridized carbons (Fsp3) is 0.364. The molecule has 0 spiro atoms. The van der Waals surface area contributed by atoms with E-state index in [-0.39, 0.29) is 6.03 Å². The van der Waals surface area contributed by atoms with Gasteiger partial charge in [0.05, 0.1) is 5.69 Å². The van der Waals surface area contributed by atoms with E-state index in [0.717, 1.165) is 18.7 Å². The topological polar surface area (TPSA) is 79.2 Å². The first-order valence-corrected chi connectivity index (χ1v) is 10.5. The molecule has 2 aliphatic rings. The predicted octanol–water partition coefficient (Wildman–Crippen LogP) is 2.30. The van der Waals surface area contributed by atoms with E-state index in [0.29, 0.717) is 44.0 Å². The fourth-order valence-corrected chi connectivity index (χ4v) is 4.14. The quantitative estimate of drug-likeness (QED) is 0.707. The lowest BCUT2D eigenvalue weighted by atomic mass is 10.1. The Morgan fingerprint density at radius 2 is 1.67 bits per heavy atom. The van der Waals surface area contributed by atoms with Crippen LogP contribution in [0.15, 0.2) is 60.7 Å². The van der Waals surface area contributed by atoms with Crippen molar-refractivity contribution < 1.29 is 4.79 Å². The van der Waals surface area contributed by atoms with Crippen LogP contribution in [0.3, 0.4) is 0 Å². The molecule has 2 amide bonds. The third kappa shape index (κ3) is 3.85. The monoisotopic (exact) mass is 403 g/mol. The summed E-state index contributed by atoms with van der Waals surface area (Å²) in [5, 5.41) is 15.3. The van der Waals surface area contributed by atoms with Crippen LogP contribution >= 0.6 is 0 Å². The van der Waals surface area contributed by atoms with Gasteiger partial charge in [-0.2, -0.15) is 4.68 Å². The van der Waals surface area contributed by atoms with Crippen LogP contribution in [0.5, 0.6) is 0 Å². The molecule has 2 atom stereocenters. The van der Waals surface area contributed by atoms with E-state index in [9.17, 15) is 4.79 Å².